The number of nitriles is 1. The summed E-state index contributed by atoms with van der Waals surface area (Å²) in [5, 5.41) is 30.7. The number of nitrogens with one attached hydrogen (secondary N) is 1. The van der Waals surface area contributed by atoms with Crippen LogP contribution in [0.5, 0.6) is 11.5 Å². The molecule has 0 aliphatic carbocycles. The average molecular weight is 326 g/mol. The Morgan fingerprint density at radius 1 is 1.38 bits per heavy atom. The van der Waals surface area contributed by atoms with Crippen LogP contribution in [-0.2, 0) is 11.3 Å². The summed E-state index contributed by atoms with van der Waals surface area (Å²) in [7, 11) is 0. The van der Waals surface area contributed by atoms with Crippen LogP contribution in [0.2, 0.25) is 0 Å². The molecule has 1 amide bonds. The van der Waals surface area contributed by atoms with Crippen molar-refractivity contribution >= 4 is 17.3 Å². The van der Waals surface area contributed by atoms with Crippen LogP contribution in [0.15, 0.2) is 36.3 Å². The number of benzene rings is 1. The number of phenols is 2. The molecule has 122 valence electrons. The van der Waals surface area contributed by atoms with Crippen LogP contribution in [0.3, 0.4) is 0 Å². The molecule has 0 aliphatic rings. The van der Waals surface area contributed by atoms with Crippen molar-refractivity contribution in [2.75, 3.05) is 5.73 Å². The van der Waals surface area contributed by atoms with Crippen LogP contribution in [0.4, 0.5) is 5.69 Å². The molecule has 0 fully saturated rings. The summed E-state index contributed by atoms with van der Waals surface area (Å²) in [4.78, 5) is 19.8. The topological polar surface area (TPSA) is 171 Å². The zero-order valence-electron chi connectivity index (χ0n) is 12.4. The number of aromatic nitrogens is 2. The first kappa shape index (κ1) is 16.6. The van der Waals surface area contributed by atoms with Gasteiger partial charge in [0.1, 0.15) is 18.0 Å². The smallest absolute Gasteiger partial charge is 0.264 e. The lowest BCUT2D eigenvalue weighted by atomic mass is 10.1. The number of carbonyl (C=O) groups is 1. The van der Waals surface area contributed by atoms with Crippen molar-refractivity contribution in [1.82, 2.24) is 15.3 Å². The van der Waals surface area contributed by atoms with Crippen molar-refractivity contribution in [1.29, 1.82) is 5.26 Å². The number of rotatable bonds is 4. The Hall–Kier alpha value is -3.80. The van der Waals surface area contributed by atoms with E-state index in [1.165, 1.54) is 18.6 Å². The molecule has 0 saturated carbocycles. The van der Waals surface area contributed by atoms with Gasteiger partial charge in [0.15, 0.2) is 11.5 Å². The maximum absolute atomic E-state index is 12.1. The summed E-state index contributed by atoms with van der Waals surface area (Å²) < 4.78 is 0. The predicted octanol–water partition coefficient (Wildman–Crippen LogP) is -0.0202. The highest BCUT2D eigenvalue weighted by Crippen LogP contribution is 2.34. The van der Waals surface area contributed by atoms with Gasteiger partial charge in [0.2, 0.25) is 0 Å². The lowest BCUT2D eigenvalue weighted by Gasteiger charge is -2.09. The van der Waals surface area contributed by atoms with Crippen LogP contribution in [-0.4, -0.2) is 26.1 Å². The third-order valence-corrected chi connectivity index (χ3v) is 3.11. The number of nitrogen functional groups attached to an aromatic ring is 1. The molecule has 9 heteroatoms. The van der Waals surface area contributed by atoms with Crippen molar-refractivity contribution in [2.45, 2.75) is 6.54 Å². The minimum absolute atomic E-state index is 0.0861. The summed E-state index contributed by atoms with van der Waals surface area (Å²) in [5.41, 5.74) is 11.4. The van der Waals surface area contributed by atoms with E-state index in [9.17, 15) is 20.3 Å². The van der Waals surface area contributed by atoms with E-state index in [0.717, 1.165) is 6.07 Å². The highest BCUT2D eigenvalue weighted by Gasteiger charge is 2.17. The van der Waals surface area contributed by atoms with Crippen LogP contribution in [0.25, 0.3) is 5.70 Å². The fraction of sp³-hybridized carbons (Fsp3) is 0.0667. The van der Waals surface area contributed by atoms with Gasteiger partial charge in [0, 0.05) is 11.8 Å². The van der Waals surface area contributed by atoms with Crippen LogP contribution >= 0.6 is 0 Å². The number of aromatic hydroxyl groups is 2. The van der Waals surface area contributed by atoms with E-state index in [1.54, 1.807) is 12.1 Å². The molecule has 0 unspecified atom stereocenters. The molecule has 0 aliphatic heterocycles. The Labute approximate surface area is 136 Å². The molecule has 9 nitrogen and oxygen atoms in total. The Balaban J connectivity index is 2.26. The van der Waals surface area contributed by atoms with Crippen molar-refractivity contribution in [3.63, 3.8) is 0 Å². The molecule has 1 heterocycles. The molecule has 2 aromatic rings. The predicted molar refractivity (Wildman–Crippen MR) is 84.8 cm³/mol. The second kappa shape index (κ2) is 6.97. The fourth-order valence-corrected chi connectivity index (χ4v) is 1.86. The van der Waals surface area contributed by atoms with Crippen LogP contribution in [0, 0.1) is 11.3 Å². The van der Waals surface area contributed by atoms with Gasteiger partial charge >= 0.3 is 0 Å². The van der Waals surface area contributed by atoms with E-state index in [-0.39, 0.29) is 29.1 Å². The van der Waals surface area contributed by atoms with E-state index < -0.39 is 17.4 Å². The first-order valence-electron chi connectivity index (χ1n) is 6.68. The molecular weight excluding hydrogens is 312 g/mol. The third kappa shape index (κ3) is 3.50. The molecule has 0 atom stereocenters. The quantitative estimate of drug-likeness (QED) is 0.226. The van der Waals surface area contributed by atoms with Crippen LogP contribution < -0.4 is 16.8 Å². The average Bonchev–Trinajstić information content (AvgIpc) is 2.58. The van der Waals surface area contributed by atoms with Crippen molar-refractivity contribution < 1.29 is 15.0 Å². The Kier molecular flexibility index (Phi) is 4.81. The van der Waals surface area contributed by atoms with Gasteiger partial charge in [0.25, 0.3) is 5.91 Å². The number of hydrogen-bond acceptors (Lipinski definition) is 8. The maximum atomic E-state index is 12.1. The summed E-state index contributed by atoms with van der Waals surface area (Å²) in [6.45, 7) is 0.0861. The van der Waals surface area contributed by atoms with E-state index in [1.807, 2.05) is 0 Å². The highest BCUT2D eigenvalue weighted by atomic mass is 16.3. The molecule has 1 aromatic heterocycles. The first-order chi connectivity index (χ1) is 11.4. The number of nitrogens with two attached hydrogens (primary N) is 2. The Morgan fingerprint density at radius 2 is 2.12 bits per heavy atom. The minimum Gasteiger partial charge on any atom is -0.504 e. The zero-order chi connectivity index (χ0) is 17.7. The molecule has 0 spiro atoms. The molecule has 0 saturated heterocycles. The lowest BCUT2D eigenvalue weighted by molar-refractivity contribution is -0.117. The van der Waals surface area contributed by atoms with Gasteiger partial charge in [-0.05, 0) is 18.2 Å². The monoisotopic (exact) mass is 326 g/mol. The molecule has 0 radical (unpaired) electrons. The number of hydrogen-bond donors (Lipinski definition) is 5. The minimum atomic E-state index is -0.709. The third-order valence-electron chi connectivity index (χ3n) is 3.11. The second-order valence-electron chi connectivity index (χ2n) is 4.72. The van der Waals surface area contributed by atoms with Crippen molar-refractivity contribution in [3.8, 4) is 17.6 Å². The van der Waals surface area contributed by atoms with Gasteiger partial charge in [-0.25, -0.2) is 9.97 Å². The number of nitrogens with zero attached hydrogens (tertiary/aromatic N) is 3. The van der Waals surface area contributed by atoms with Gasteiger partial charge in [-0.2, -0.15) is 5.26 Å². The van der Waals surface area contributed by atoms with Gasteiger partial charge in [-0.3, -0.25) is 4.79 Å². The summed E-state index contributed by atoms with van der Waals surface area (Å²) in [5.74, 6) is -1.72. The van der Waals surface area contributed by atoms with Gasteiger partial charge in [-0.15, -0.1) is 0 Å². The number of carbonyl (C=O) groups excluding carboxylic acids is 1. The lowest BCUT2D eigenvalue weighted by Crippen LogP contribution is -2.26. The van der Waals surface area contributed by atoms with E-state index in [0.29, 0.717) is 5.69 Å². The molecule has 24 heavy (non-hydrogen) atoms. The maximum Gasteiger partial charge on any atom is 0.264 e. The number of phenolic OH excluding ortho intramolecular Hbond substituents is 2. The molecule has 0 bridgehead atoms. The molecule has 2 rings (SSSR count). The molecular formula is C15H14N6O3. The standard InChI is InChI=1S/C15H14N6O3/c16-5-10(15(24)20-6-9-1-2-19-7-21-9)13(18)8-3-11(17)14(23)12(22)4-8/h1-4,7,22-23H,6,17-18H2,(H,20,24)/b13-10-. The van der Waals surface area contributed by atoms with E-state index in [4.69, 9.17) is 11.5 Å². The Bertz CT molecular complexity index is 819. The van der Waals surface area contributed by atoms with Crippen LogP contribution in [0.1, 0.15) is 11.3 Å². The van der Waals surface area contributed by atoms with Gasteiger partial charge < -0.3 is 27.0 Å². The second-order valence-corrected chi connectivity index (χ2v) is 4.72. The SMILES string of the molecule is N#C/C(C(=O)NCc1ccncn1)=C(/N)c1cc(N)c(O)c(O)c1. The van der Waals surface area contributed by atoms with E-state index in [2.05, 4.69) is 15.3 Å². The fourth-order valence-electron chi connectivity index (χ4n) is 1.86. The van der Waals surface area contributed by atoms with Crippen molar-refractivity contribution in [2.24, 2.45) is 5.73 Å². The largest absolute Gasteiger partial charge is 0.504 e. The zero-order valence-corrected chi connectivity index (χ0v) is 12.4. The number of amides is 1. The van der Waals surface area contributed by atoms with Crippen molar-refractivity contribution in [3.05, 3.63) is 47.6 Å². The number of anilines is 1. The normalized spacial score (nSPS) is 11.3. The molecule has 1 aromatic carbocycles. The summed E-state index contributed by atoms with van der Waals surface area (Å²) in [6, 6.07) is 5.68. The first-order valence-corrected chi connectivity index (χ1v) is 6.68. The van der Waals surface area contributed by atoms with Gasteiger partial charge in [-0.1, -0.05) is 0 Å². The Morgan fingerprint density at radius 3 is 2.71 bits per heavy atom. The van der Waals surface area contributed by atoms with Gasteiger partial charge in [0.05, 0.1) is 23.6 Å². The van der Waals surface area contributed by atoms with E-state index >= 15 is 0 Å². The molecule has 7 N–H and O–H groups in total. The summed E-state index contributed by atoms with van der Waals surface area (Å²) >= 11 is 0. The highest BCUT2D eigenvalue weighted by molar-refractivity contribution is 6.04. The summed E-state index contributed by atoms with van der Waals surface area (Å²) in [6.07, 6.45) is 2.85.